The summed E-state index contributed by atoms with van der Waals surface area (Å²) in [5.41, 5.74) is 1.43. The SMILES string of the molecule is COC(=O)c1sccc1NC(=O)c1ccc(O)c(C)c1. The van der Waals surface area contributed by atoms with Crippen LogP contribution in [0.15, 0.2) is 29.6 Å². The van der Waals surface area contributed by atoms with Crippen LogP contribution in [0.1, 0.15) is 25.6 Å². The number of anilines is 1. The Kier molecular flexibility index (Phi) is 4.05. The number of aryl methyl sites for hydroxylation is 1. The molecule has 0 aliphatic heterocycles. The van der Waals surface area contributed by atoms with E-state index in [-0.39, 0.29) is 11.7 Å². The van der Waals surface area contributed by atoms with E-state index in [0.29, 0.717) is 21.7 Å². The number of carbonyl (C=O) groups excluding carboxylic acids is 2. The normalized spacial score (nSPS) is 10.1. The summed E-state index contributed by atoms with van der Waals surface area (Å²) < 4.78 is 4.64. The lowest BCUT2D eigenvalue weighted by molar-refractivity contribution is 0.0607. The molecule has 2 rings (SSSR count). The van der Waals surface area contributed by atoms with E-state index in [1.54, 1.807) is 24.4 Å². The van der Waals surface area contributed by atoms with E-state index in [4.69, 9.17) is 0 Å². The maximum Gasteiger partial charge on any atom is 0.350 e. The van der Waals surface area contributed by atoms with Crippen molar-refractivity contribution in [2.45, 2.75) is 6.92 Å². The highest BCUT2D eigenvalue weighted by molar-refractivity contribution is 7.12. The number of nitrogens with one attached hydrogen (secondary N) is 1. The molecule has 1 aromatic heterocycles. The third-order valence-corrected chi connectivity index (χ3v) is 3.64. The Labute approximate surface area is 119 Å². The van der Waals surface area contributed by atoms with Crippen molar-refractivity contribution in [1.82, 2.24) is 0 Å². The molecular formula is C14H13NO4S. The van der Waals surface area contributed by atoms with Gasteiger partial charge in [0.1, 0.15) is 10.6 Å². The first-order valence-electron chi connectivity index (χ1n) is 5.79. The van der Waals surface area contributed by atoms with E-state index < -0.39 is 5.97 Å². The van der Waals surface area contributed by atoms with E-state index in [9.17, 15) is 14.7 Å². The Morgan fingerprint density at radius 1 is 1.30 bits per heavy atom. The second kappa shape index (κ2) is 5.75. The van der Waals surface area contributed by atoms with Crippen molar-refractivity contribution in [2.24, 2.45) is 0 Å². The van der Waals surface area contributed by atoms with E-state index in [1.807, 2.05) is 0 Å². The van der Waals surface area contributed by atoms with Crippen molar-refractivity contribution < 1.29 is 19.4 Å². The van der Waals surface area contributed by atoms with Crippen molar-refractivity contribution in [1.29, 1.82) is 0 Å². The zero-order valence-electron chi connectivity index (χ0n) is 11.0. The fourth-order valence-corrected chi connectivity index (χ4v) is 2.42. The molecule has 104 valence electrons. The lowest BCUT2D eigenvalue weighted by atomic mass is 10.1. The second-order valence-corrected chi connectivity index (χ2v) is 5.03. The highest BCUT2D eigenvalue weighted by Gasteiger charge is 2.16. The number of rotatable bonds is 3. The van der Waals surface area contributed by atoms with Gasteiger partial charge < -0.3 is 15.2 Å². The largest absolute Gasteiger partial charge is 0.508 e. The average molecular weight is 291 g/mol. The molecule has 0 fully saturated rings. The Morgan fingerprint density at radius 3 is 2.70 bits per heavy atom. The number of carbonyl (C=O) groups is 2. The first kappa shape index (κ1) is 14.1. The summed E-state index contributed by atoms with van der Waals surface area (Å²) in [7, 11) is 1.29. The van der Waals surface area contributed by atoms with Crippen molar-refractivity contribution in [2.75, 3.05) is 12.4 Å². The molecule has 0 bridgehead atoms. The fourth-order valence-electron chi connectivity index (χ4n) is 1.65. The number of aromatic hydroxyl groups is 1. The number of esters is 1. The minimum absolute atomic E-state index is 0.132. The van der Waals surface area contributed by atoms with Crippen molar-refractivity contribution in [3.8, 4) is 5.75 Å². The number of methoxy groups -OCH3 is 1. The van der Waals surface area contributed by atoms with Crippen LogP contribution in [0.3, 0.4) is 0 Å². The van der Waals surface area contributed by atoms with Gasteiger partial charge >= 0.3 is 5.97 Å². The quantitative estimate of drug-likeness (QED) is 0.853. The van der Waals surface area contributed by atoms with Gasteiger partial charge in [-0.1, -0.05) is 0 Å². The molecule has 5 nitrogen and oxygen atoms in total. The number of thiophene rings is 1. The van der Waals surface area contributed by atoms with Crippen molar-refractivity contribution in [3.63, 3.8) is 0 Å². The van der Waals surface area contributed by atoms with Crippen LogP contribution in [0.5, 0.6) is 5.75 Å². The number of amides is 1. The van der Waals surface area contributed by atoms with Crippen LogP contribution < -0.4 is 5.32 Å². The molecule has 0 saturated carbocycles. The molecule has 0 aliphatic carbocycles. The van der Waals surface area contributed by atoms with E-state index in [0.717, 1.165) is 0 Å². The Bertz CT molecular complexity index is 663. The molecule has 2 aromatic rings. The number of phenolic OH excluding ortho intramolecular Hbond substituents is 1. The van der Waals surface area contributed by atoms with E-state index in [1.165, 1.54) is 30.6 Å². The topological polar surface area (TPSA) is 75.6 Å². The predicted molar refractivity (Wildman–Crippen MR) is 76.5 cm³/mol. The summed E-state index contributed by atoms with van der Waals surface area (Å²) in [6.07, 6.45) is 0. The molecule has 6 heteroatoms. The molecule has 2 N–H and O–H groups in total. The van der Waals surface area contributed by atoms with Gasteiger partial charge in [-0.15, -0.1) is 11.3 Å². The highest BCUT2D eigenvalue weighted by atomic mass is 32.1. The van der Waals surface area contributed by atoms with Crippen molar-refractivity contribution in [3.05, 3.63) is 45.6 Å². The average Bonchev–Trinajstić information content (AvgIpc) is 2.89. The third-order valence-electron chi connectivity index (χ3n) is 2.74. The Morgan fingerprint density at radius 2 is 2.05 bits per heavy atom. The number of hydrogen-bond acceptors (Lipinski definition) is 5. The molecule has 1 amide bonds. The molecule has 1 aromatic carbocycles. The zero-order chi connectivity index (χ0) is 14.7. The lowest BCUT2D eigenvalue weighted by Crippen LogP contribution is -2.14. The molecule has 20 heavy (non-hydrogen) atoms. The highest BCUT2D eigenvalue weighted by Crippen LogP contribution is 2.24. The van der Waals surface area contributed by atoms with Gasteiger partial charge in [-0.3, -0.25) is 4.79 Å². The van der Waals surface area contributed by atoms with Gasteiger partial charge in [0, 0.05) is 5.56 Å². The second-order valence-electron chi connectivity index (χ2n) is 4.11. The van der Waals surface area contributed by atoms with Gasteiger partial charge in [-0.25, -0.2) is 4.79 Å². The van der Waals surface area contributed by atoms with Crippen LogP contribution in [0.2, 0.25) is 0 Å². The molecule has 0 aliphatic rings. The monoisotopic (exact) mass is 291 g/mol. The Hall–Kier alpha value is -2.34. The number of phenols is 1. The molecule has 0 radical (unpaired) electrons. The first-order chi connectivity index (χ1) is 9.52. The van der Waals surface area contributed by atoms with Crippen LogP contribution in [-0.2, 0) is 4.74 Å². The Balaban J connectivity index is 2.22. The van der Waals surface area contributed by atoms with Gasteiger partial charge in [0.05, 0.1) is 12.8 Å². The summed E-state index contributed by atoms with van der Waals surface area (Å²) in [6, 6.07) is 6.19. The van der Waals surface area contributed by atoms with Crippen molar-refractivity contribution >= 4 is 28.9 Å². The fraction of sp³-hybridized carbons (Fsp3) is 0.143. The van der Waals surface area contributed by atoms with Gasteiger partial charge in [-0.2, -0.15) is 0 Å². The van der Waals surface area contributed by atoms with Gasteiger partial charge in [0.2, 0.25) is 0 Å². The van der Waals surface area contributed by atoms with E-state index in [2.05, 4.69) is 10.1 Å². The summed E-state index contributed by atoms with van der Waals surface area (Å²) in [5, 5.41) is 13.8. The smallest absolute Gasteiger partial charge is 0.350 e. The molecule has 1 heterocycles. The first-order valence-corrected chi connectivity index (χ1v) is 6.67. The van der Waals surface area contributed by atoms with Crippen LogP contribution in [-0.4, -0.2) is 24.1 Å². The molecule has 0 atom stereocenters. The molecule has 0 spiro atoms. The standard InChI is InChI=1S/C14H13NO4S/c1-8-7-9(3-4-11(8)16)13(17)15-10-5-6-20-12(10)14(18)19-2/h3-7,16H,1-2H3,(H,15,17). The van der Waals surface area contributed by atoms with Crippen LogP contribution in [0, 0.1) is 6.92 Å². The summed E-state index contributed by atoms with van der Waals surface area (Å²) >= 11 is 1.20. The zero-order valence-corrected chi connectivity index (χ0v) is 11.8. The van der Waals surface area contributed by atoms with Gasteiger partial charge in [0.15, 0.2) is 0 Å². The maximum atomic E-state index is 12.1. The van der Waals surface area contributed by atoms with Gasteiger partial charge in [-0.05, 0) is 42.1 Å². The predicted octanol–water partition coefficient (Wildman–Crippen LogP) is 2.80. The molecular weight excluding hydrogens is 278 g/mol. The summed E-state index contributed by atoms with van der Waals surface area (Å²) in [4.78, 5) is 24.0. The summed E-state index contributed by atoms with van der Waals surface area (Å²) in [5.74, 6) is -0.707. The molecule has 0 saturated heterocycles. The molecule has 0 unspecified atom stereocenters. The number of ether oxygens (including phenoxy) is 1. The minimum atomic E-state index is -0.489. The van der Waals surface area contributed by atoms with Crippen LogP contribution in [0.4, 0.5) is 5.69 Å². The number of hydrogen-bond donors (Lipinski definition) is 2. The minimum Gasteiger partial charge on any atom is -0.508 e. The third kappa shape index (κ3) is 2.80. The van der Waals surface area contributed by atoms with Crippen LogP contribution >= 0.6 is 11.3 Å². The van der Waals surface area contributed by atoms with Gasteiger partial charge in [0.25, 0.3) is 5.91 Å². The lowest BCUT2D eigenvalue weighted by Gasteiger charge is -2.07. The van der Waals surface area contributed by atoms with E-state index >= 15 is 0 Å². The maximum absolute atomic E-state index is 12.1. The van der Waals surface area contributed by atoms with Crippen LogP contribution in [0.25, 0.3) is 0 Å². The summed E-state index contributed by atoms with van der Waals surface area (Å²) in [6.45, 7) is 1.70. The number of benzene rings is 1.